The second-order valence-electron chi connectivity index (χ2n) is 1.87. The van der Waals surface area contributed by atoms with E-state index in [4.69, 9.17) is 25.5 Å². The van der Waals surface area contributed by atoms with E-state index in [1.165, 1.54) is 0 Å². The van der Waals surface area contributed by atoms with Gasteiger partial charge in [-0.3, -0.25) is 0 Å². The smallest absolute Gasteiger partial charge is 0.855 e. The Morgan fingerprint density at radius 3 is 0.944 bits per heavy atom. The number of hydrogen-bond acceptors (Lipinski definition) is 6. The molecule has 0 aliphatic rings. The maximum atomic E-state index is 8.93. The van der Waals surface area contributed by atoms with Gasteiger partial charge in [-0.1, -0.05) is 27.7 Å². The van der Waals surface area contributed by atoms with Crippen molar-refractivity contribution in [1.29, 1.82) is 0 Å². The Morgan fingerprint density at radius 1 is 0.778 bits per heavy atom. The van der Waals surface area contributed by atoms with E-state index in [1.807, 2.05) is 0 Å². The number of hydrogen-bond donors (Lipinski definition) is 1. The molecular formula is C11H28O6Ti. The average molecular weight is 304 g/mol. The molecule has 0 aromatic heterocycles. The van der Waals surface area contributed by atoms with Crippen molar-refractivity contribution < 1.29 is 52.0 Å². The summed E-state index contributed by atoms with van der Waals surface area (Å²) in [5, 5.41) is 43.7. The Bertz CT molecular complexity index is 50.8. The minimum atomic E-state index is 0. The fraction of sp³-hybridized carbons (Fsp3) is 1.00. The van der Waals surface area contributed by atoms with Crippen molar-refractivity contribution in [3.05, 3.63) is 0 Å². The average Bonchev–Trinajstić information content (AvgIpc) is 2.23. The summed E-state index contributed by atoms with van der Waals surface area (Å²) in [7, 11) is 1.55. The van der Waals surface area contributed by atoms with Crippen LogP contribution in [-0.4, -0.2) is 51.9 Å². The Hall–Kier alpha value is 0.474. The first kappa shape index (κ1) is 36.3. The SMILES string of the molecule is CC[O-].CC[O-].CC[O-].CC[O-].COCCO.[Ti+4]. The molecule has 0 unspecified atom stereocenters. The molecule has 0 fully saturated rings. The first-order chi connectivity index (χ1) is 8.07. The van der Waals surface area contributed by atoms with E-state index in [0.29, 0.717) is 6.61 Å². The summed E-state index contributed by atoms with van der Waals surface area (Å²) < 4.78 is 4.44. The van der Waals surface area contributed by atoms with Crippen LogP contribution in [-0.2, 0) is 26.5 Å². The molecule has 0 saturated heterocycles. The van der Waals surface area contributed by atoms with Crippen LogP contribution in [0.1, 0.15) is 27.7 Å². The van der Waals surface area contributed by atoms with Crippen molar-refractivity contribution in [3.63, 3.8) is 0 Å². The van der Waals surface area contributed by atoms with Crippen LogP contribution >= 0.6 is 0 Å². The molecule has 0 aromatic carbocycles. The molecule has 18 heavy (non-hydrogen) atoms. The largest absolute Gasteiger partial charge is 4.00 e. The van der Waals surface area contributed by atoms with Gasteiger partial charge >= 0.3 is 21.7 Å². The van der Waals surface area contributed by atoms with Gasteiger partial charge in [-0.25, -0.2) is 0 Å². The summed E-state index contributed by atoms with van der Waals surface area (Å²) in [6.45, 7) is 6.84. The van der Waals surface area contributed by atoms with Crippen LogP contribution in [0.15, 0.2) is 0 Å². The van der Waals surface area contributed by atoms with Crippen LogP contribution in [0, 0.1) is 0 Å². The Balaban J connectivity index is -0.0000000252. The number of rotatable bonds is 2. The number of aliphatic hydroxyl groups excluding tert-OH is 1. The molecule has 7 heteroatoms. The van der Waals surface area contributed by atoms with Crippen molar-refractivity contribution in [1.82, 2.24) is 0 Å². The van der Waals surface area contributed by atoms with Gasteiger partial charge in [0.15, 0.2) is 0 Å². The predicted molar refractivity (Wildman–Crippen MR) is 61.1 cm³/mol. The molecule has 0 spiro atoms. The van der Waals surface area contributed by atoms with Gasteiger partial charge in [-0.05, 0) is 0 Å². The summed E-state index contributed by atoms with van der Waals surface area (Å²) in [4.78, 5) is 0. The maximum Gasteiger partial charge on any atom is 4.00 e. The van der Waals surface area contributed by atoms with Crippen LogP contribution in [0.2, 0.25) is 0 Å². The Kier molecular flexibility index (Phi) is 171. The molecule has 0 heterocycles. The van der Waals surface area contributed by atoms with Crippen molar-refractivity contribution >= 4 is 0 Å². The standard InChI is InChI=1S/C3H8O2.4C2H5O.Ti/c1-5-3-2-4;4*1-2-3;/h4H,2-3H2,1H3;4*2H2,1H3;/q;4*-1;+4. The fourth-order valence-corrected chi connectivity index (χ4v) is 0.0913. The summed E-state index contributed by atoms with van der Waals surface area (Å²) in [6.07, 6.45) is 0. The van der Waals surface area contributed by atoms with E-state index >= 15 is 0 Å². The molecule has 1 N–H and O–H groups in total. The second-order valence-corrected chi connectivity index (χ2v) is 1.87. The van der Waals surface area contributed by atoms with E-state index in [1.54, 1.807) is 34.8 Å². The van der Waals surface area contributed by atoms with Gasteiger partial charge in [-0.15, -0.1) is 26.4 Å². The van der Waals surface area contributed by atoms with E-state index in [9.17, 15) is 0 Å². The zero-order valence-electron chi connectivity index (χ0n) is 12.2. The summed E-state index contributed by atoms with van der Waals surface area (Å²) in [5.41, 5.74) is 0. The molecule has 0 aromatic rings. The number of methoxy groups -OCH3 is 1. The third-order valence-electron chi connectivity index (χ3n) is 0.295. The fourth-order valence-electron chi connectivity index (χ4n) is 0.0913. The molecule has 0 bridgehead atoms. The molecule has 0 amide bonds. The van der Waals surface area contributed by atoms with Crippen molar-refractivity contribution in [2.45, 2.75) is 27.7 Å². The van der Waals surface area contributed by atoms with Gasteiger partial charge in [0.05, 0.1) is 13.2 Å². The zero-order valence-corrected chi connectivity index (χ0v) is 13.8. The first-order valence-corrected chi connectivity index (χ1v) is 5.50. The van der Waals surface area contributed by atoms with Gasteiger partial charge < -0.3 is 30.3 Å². The minimum Gasteiger partial charge on any atom is -0.855 e. The Morgan fingerprint density at radius 2 is 0.944 bits per heavy atom. The number of ether oxygens (including phenoxy) is 1. The topological polar surface area (TPSA) is 122 Å². The van der Waals surface area contributed by atoms with E-state index in [2.05, 4.69) is 4.74 Å². The zero-order chi connectivity index (χ0) is 14.9. The molecule has 0 radical (unpaired) electrons. The molecule has 112 valence electrons. The van der Waals surface area contributed by atoms with Crippen LogP contribution in [0.3, 0.4) is 0 Å². The molecule has 0 atom stereocenters. The molecular weight excluding hydrogens is 276 g/mol. The predicted octanol–water partition coefficient (Wildman–Crippen LogP) is -2.91. The van der Waals surface area contributed by atoms with Gasteiger partial charge in [0.25, 0.3) is 0 Å². The maximum absolute atomic E-state index is 8.93. The second kappa shape index (κ2) is 84.9. The monoisotopic (exact) mass is 304 g/mol. The molecule has 6 nitrogen and oxygen atoms in total. The van der Waals surface area contributed by atoms with E-state index in [-0.39, 0.29) is 54.8 Å². The van der Waals surface area contributed by atoms with Gasteiger partial charge in [-0.2, -0.15) is 0 Å². The normalized spacial score (nSPS) is 6.33. The Labute approximate surface area is 127 Å². The van der Waals surface area contributed by atoms with Gasteiger partial charge in [0.1, 0.15) is 0 Å². The van der Waals surface area contributed by atoms with Crippen LogP contribution in [0.5, 0.6) is 0 Å². The molecule has 0 rings (SSSR count). The quantitative estimate of drug-likeness (QED) is 0.546. The van der Waals surface area contributed by atoms with Crippen LogP contribution in [0.4, 0.5) is 0 Å². The van der Waals surface area contributed by atoms with Crippen molar-refractivity contribution in [2.75, 3.05) is 46.8 Å². The van der Waals surface area contributed by atoms with E-state index in [0.717, 1.165) is 0 Å². The van der Waals surface area contributed by atoms with Crippen LogP contribution < -0.4 is 20.4 Å². The summed E-state index contributed by atoms with van der Waals surface area (Å²) in [5.74, 6) is 0. The summed E-state index contributed by atoms with van der Waals surface area (Å²) >= 11 is 0. The summed E-state index contributed by atoms with van der Waals surface area (Å²) in [6, 6.07) is 0. The molecule has 0 aliphatic heterocycles. The minimum absolute atomic E-state index is 0. The van der Waals surface area contributed by atoms with Gasteiger partial charge in [0.2, 0.25) is 0 Å². The van der Waals surface area contributed by atoms with Gasteiger partial charge in [0, 0.05) is 7.11 Å². The van der Waals surface area contributed by atoms with Crippen molar-refractivity contribution in [2.24, 2.45) is 0 Å². The first-order valence-electron chi connectivity index (χ1n) is 5.50. The third kappa shape index (κ3) is 644. The van der Waals surface area contributed by atoms with Crippen molar-refractivity contribution in [3.8, 4) is 0 Å². The molecule has 0 saturated carbocycles. The van der Waals surface area contributed by atoms with Crippen LogP contribution in [0.25, 0.3) is 0 Å². The third-order valence-corrected chi connectivity index (χ3v) is 0.295. The molecule has 0 aliphatic carbocycles. The van der Waals surface area contributed by atoms with E-state index < -0.39 is 0 Å². The number of aliphatic hydroxyl groups is 1.